The number of rotatable bonds is 3. The van der Waals surface area contributed by atoms with Gasteiger partial charge in [0, 0.05) is 58.4 Å². The molecule has 5 nitrogen and oxygen atoms in total. The number of hydrogen-bond acceptors (Lipinski definition) is 4. The number of amides is 1. The van der Waals surface area contributed by atoms with Crippen LogP contribution in [0.4, 0.5) is 0 Å². The molecule has 0 unspecified atom stereocenters. The summed E-state index contributed by atoms with van der Waals surface area (Å²) in [7, 11) is 0. The lowest BCUT2D eigenvalue weighted by Crippen LogP contribution is -2.62. The molecule has 120 valence electrons. The van der Waals surface area contributed by atoms with Crippen molar-refractivity contribution in [2.75, 3.05) is 58.9 Å². The lowest BCUT2D eigenvalue weighted by Gasteiger charge is -2.55. The average Bonchev–Trinajstić information content (AvgIpc) is 2.45. The molecule has 3 fully saturated rings. The van der Waals surface area contributed by atoms with Gasteiger partial charge in [-0.25, -0.2) is 0 Å². The molecule has 3 aliphatic rings. The molecule has 21 heavy (non-hydrogen) atoms. The summed E-state index contributed by atoms with van der Waals surface area (Å²) in [6, 6.07) is 0.669. The fourth-order valence-electron chi connectivity index (χ4n) is 3.89. The molecule has 3 saturated heterocycles. The van der Waals surface area contributed by atoms with E-state index in [4.69, 9.17) is 0 Å². The summed E-state index contributed by atoms with van der Waals surface area (Å²) in [6.07, 6.45) is 2.40. The molecule has 1 spiro atoms. The molecule has 3 rings (SSSR count). The smallest absolute Gasteiger partial charge is 0.236 e. The molecule has 1 N–H and O–H groups in total. The number of piperazine rings is 1. The second-order valence-electron chi connectivity index (χ2n) is 7.41. The summed E-state index contributed by atoms with van der Waals surface area (Å²) < 4.78 is 0. The quantitative estimate of drug-likeness (QED) is 0.808. The Morgan fingerprint density at radius 2 is 1.71 bits per heavy atom. The minimum Gasteiger partial charge on any atom is -0.342 e. The van der Waals surface area contributed by atoms with Crippen LogP contribution in [-0.4, -0.2) is 85.6 Å². The fraction of sp³-hybridized carbons (Fsp3) is 0.938. The van der Waals surface area contributed by atoms with Crippen LogP contribution in [0.5, 0.6) is 0 Å². The monoisotopic (exact) mass is 294 g/mol. The lowest BCUT2D eigenvalue weighted by atomic mass is 9.71. The van der Waals surface area contributed by atoms with E-state index < -0.39 is 0 Å². The summed E-state index contributed by atoms with van der Waals surface area (Å²) in [5.74, 6) is 0.340. The van der Waals surface area contributed by atoms with Crippen LogP contribution in [-0.2, 0) is 4.79 Å². The summed E-state index contributed by atoms with van der Waals surface area (Å²) in [5, 5.41) is 3.34. The highest BCUT2D eigenvalue weighted by Crippen LogP contribution is 2.41. The van der Waals surface area contributed by atoms with Gasteiger partial charge in [-0.15, -0.1) is 0 Å². The zero-order chi connectivity index (χ0) is 14.9. The highest BCUT2D eigenvalue weighted by atomic mass is 16.2. The van der Waals surface area contributed by atoms with Crippen LogP contribution in [0, 0.1) is 5.41 Å². The van der Waals surface area contributed by atoms with Gasteiger partial charge in [0.25, 0.3) is 0 Å². The molecular formula is C16H30N4O. The van der Waals surface area contributed by atoms with Gasteiger partial charge >= 0.3 is 0 Å². The van der Waals surface area contributed by atoms with Crippen molar-refractivity contribution in [2.24, 2.45) is 5.41 Å². The van der Waals surface area contributed by atoms with Crippen molar-refractivity contribution in [1.82, 2.24) is 20.0 Å². The zero-order valence-corrected chi connectivity index (χ0v) is 13.6. The van der Waals surface area contributed by atoms with E-state index in [0.717, 1.165) is 39.3 Å². The van der Waals surface area contributed by atoms with Crippen LogP contribution in [0.2, 0.25) is 0 Å². The topological polar surface area (TPSA) is 38.8 Å². The standard InChI is InChI=1S/C16H30N4O/c1-14(2)20-12-16(13-20)3-7-19(8-4-16)15(21)11-18-9-5-17-6-10-18/h14,17H,3-13H2,1-2H3. The summed E-state index contributed by atoms with van der Waals surface area (Å²) in [4.78, 5) is 19.4. The van der Waals surface area contributed by atoms with E-state index in [1.165, 1.54) is 25.9 Å². The Morgan fingerprint density at radius 1 is 1.10 bits per heavy atom. The summed E-state index contributed by atoms with van der Waals surface area (Å²) in [5.41, 5.74) is 0.524. The van der Waals surface area contributed by atoms with Crippen LogP contribution in [0.15, 0.2) is 0 Å². The van der Waals surface area contributed by atoms with Gasteiger partial charge in [0.15, 0.2) is 0 Å². The van der Waals surface area contributed by atoms with E-state index in [2.05, 4.69) is 33.9 Å². The first-order valence-electron chi connectivity index (χ1n) is 8.53. The second kappa shape index (κ2) is 6.23. The Balaban J connectivity index is 1.42. The first kappa shape index (κ1) is 15.3. The first-order valence-corrected chi connectivity index (χ1v) is 8.53. The Bertz CT molecular complexity index is 362. The van der Waals surface area contributed by atoms with Crippen LogP contribution < -0.4 is 5.32 Å². The van der Waals surface area contributed by atoms with E-state index in [0.29, 0.717) is 23.9 Å². The minimum absolute atomic E-state index is 0.340. The van der Waals surface area contributed by atoms with E-state index >= 15 is 0 Å². The van der Waals surface area contributed by atoms with Crippen molar-refractivity contribution < 1.29 is 4.79 Å². The number of likely N-dealkylation sites (tertiary alicyclic amines) is 2. The molecule has 0 atom stereocenters. The molecule has 0 radical (unpaired) electrons. The maximum Gasteiger partial charge on any atom is 0.236 e. The Kier molecular flexibility index (Phi) is 4.52. The van der Waals surface area contributed by atoms with Crippen LogP contribution in [0.3, 0.4) is 0 Å². The van der Waals surface area contributed by atoms with Crippen LogP contribution in [0.25, 0.3) is 0 Å². The third-order valence-corrected chi connectivity index (χ3v) is 5.55. The normalized spacial score (nSPS) is 27.1. The summed E-state index contributed by atoms with van der Waals surface area (Å²) >= 11 is 0. The predicted molar refractivity (Wildman–Crippen MR) is 84.3 cm³/mol. The molecule has 3 heterocycles. The third kappa shape index (κ3) is 3.41. The van der Waals surface area contributed by atoms with Gasteiger partial charge in [0.2, 0.25) is 5.91 Å². The number of carbonyl (C=O) groups is 1. The van der Waals surface area contributed by atoms with Gasteiger partial charge in [-0.05, 0) is 32.1 Å². The molecule has 0 aromatic rings. The second-order valence-corrected chi connectivity index (χ2v) is 7.41. The van der Waals surface area contributed by atoms with Gasteiger partial charge in [0.1, 0.15) is 0 Å². The van der Waals surface area contributed by atoms with Gasteiger partial charge in [0.05, 0.1) is 6.54 Å². The Labute approximate surface area is 128 Å². The molecule has 0 aliphatic carbocycles. The molecule has 0 aromatic carbocycles. The highest BCUT2D eigenvalue weighted by Gasteiger charge is 2.45. The Hall–Kier alpha value is -0.650. The number of piperidine rings is 1. The molecular weight excluding hydrogens is 264 g/mol. The largest absolute Gasteiger partial charge is 0.342 e. The van der Waals surface area contributed by atoms with Crippen molar-refractivity contribution in [3.8, 4) is 0 Å². The SMILES string of the molecule is CC(C)N1CC2(CCN(C(=O)CN3CCNCC3)CC2)C1. The summed E-state index contributed by atoms with van der Waals surface area (Å²) in [6.45, 7) is 13.6. The number of nitrogens with zero attached hydrogens (tertiary/aromatic N) is 3. The van der Waals surface area contributed by atoms with E-state index in [1.807, 2.05) is 0 Å². The van der Waals surface area contributed by atoms with Gasteiger partial charge < -0.3 is 10.2 Å². The number of nitrogens with one attached hydrogen (secondary N) is 1. The van der Waals surface area contributed by atoms with Crippen LogP contribution in [0.1, 0.15) is 26.7 Å². The molecule has 1 amide bonds. The maximum absolute atomic E-state index is 12.4. The van der Waals surface area contributed by atoms with Crippen molar-refractivity contribution in [2.45, 2.75) is 32.7 Å². The highest BCUT2D eigenvalue weighted by molar-refractivity contribution is 5.78. The van der Waals surface area contributed by atoms with E-state index in [1.54, 1.807) is 0 Å². The number of hydrogen-bond donors (Lipinski definition) is 1. The molecule has 0 aromatic heterocycles. The zero-order valence-electron chi connectivity index (χ0n) is 13.6. The average molecular weight is 294 g/mol. The maximum atomic E-state index is 12.4. The van der Waals surface area contributed by atoms with Crippen molar-refractivity contribution in [1.29, 1.82) is 0 Å². The van der Waals surface area contributed by atoms with E-state index in [-0.39, 0.29) is 0 Å². The molecule has 3 aliphatic heterocycles. The fourth-order valence-corrected chi connectivity index (χ4v) is 3.89. The van der Waals surface area contributed by atoms with E-state index in [9.17, 15) is 4.79 Å². The third-order valence-electron chi connectivity index (χ3n) is 5.55. The van der Waals surface area contributed by atoms with Crippen molar-refractivity contribution in [3.63, 3.8) is 0 Å². The number of carbonyl (C=O) groups excluding carboxylic acids is 1. The molecule has 0 bridgehead atoms. The first-order chi connectivity index (χ1) is 10.1. The van der Waals surface area contributed by atoms with Crippen LogP contribution >= 0.6 is 0 Å². The van der Waals surface area contributed by atoms with Gasteiger partial charge in [-0.2, -0.15) is 0 Å². The Morgan fingerprint density at radius 3 is 2.29 bits per heavy atom. The lowest BCUT2D eigenvalue weighted by molar-refractivity contribution is -0.138. The molecule has 5 heteroatoms. The minimum atomic E-state index is 0.340. The van der Waals surface area contributed by atoms with Gasteiger partial charge in [-0.1, -0.05) is 0 Å². The predicted octanol–water partition coefficient (Wildman–Crippen LogP) is 0.224. The van der Waals surface area contributed by atoms with Gasteiger partial charge in [-0.3, -0.25) is 14.6 Å². The van der Waals surface area contributed by atoms with Crippen molar-refractivity contribution >= 4 is 5.91 Å². The molecule has 0 saturated carbocycles. The van der Waals surface area contributed by atoms with Crippen molar-refractivity contribution in [3.05, 3.63) is 0 Å².